The summed E-state index contributed by atoms with van der Waals surface area (Å²) in [6.07, 6.45) is 0. The number of rotatable bonds is 4. The van der Waals surface area contributed by atoms with Crippen LogP contribution in [0.2, 0.25) is 0 Å². The van der Waals surface area contributed by atoms with E-state index in [-0.39, 0.29) is 15.5 Å². The van der Waals surface area contributed by atoms with Gasteiger partial charge in [-0.1, -0.05) is 34.0 Å². The Bertz CT molecular complexity index is 847. The van der Waals surface area contributed by atoms with Gasteiger partial charge < -0.3 is 5.73 Å². The van der Waals surface area contributed by atoms with Crippen molar-refractivity contribution in [3.05, 3.63) is 54.6 Å². The number of nitrogen functional groups attached to an aromatic ring is 1. The first-order valence-electron chi connectivity index (χ1n) is 5.91. The van der Waals surface area contributed by atoms with E-state index in [0.29, 0.717) is 3.71 Å². The van der Waals surface area contributed by atoms with Gasteiger partial charge in [0.2, 0.25) is 0 Å². The Hall–Kier alpha value is -1.90. The quantitative estimate of drug-likeness (QED) is 0.854. The minimum atomic E-state index is -4.26. The summed E-state index contributed by atoms with van der Waals surface area (Å²) in [6, 6.07) is 13.0. The van der Waals surface area contributed by atoms with Gasteiger partial charge in [0.1, 0.15) is 4.90 Å². The normalized spacial score (nSPS) is 12.5. The monoisotopic (exact) mass is 326 g/mol. The molecule has 6 nitrogen and oxygen atoms in total. The predicted octanol–water partition coefficient (Wildman–Crippen LogP) is 1.28. The zero-order valence-electron chi connectivity index (χ0n) is 11.2. The van der Waals surface area contributed by atoms with Crippen LogP contribution in [0.25, 0.3) is 0 Å². The van der Waals surface area contributed by atoms with Gasteiger partial charge >= 0.3 is 0 Å². The maximum Gasteiger partial charge on any atom is 0.258 e. The first-order chi connectivity index (χ1) is 9.78. The van der Waals surface area contributed by atoms with Gasteiger partial charge in [-0.25, -0.2) is 16.8 Å². The largest absolute Gasteiger partial charge is 0.398 e. The predicted molar refractivity (Wildman–Crippen MR) is 79.4 cm³/mol. The highest BCUT2D eigenvalue weighted by molar-refractivity contribution is 8.04. The summed E-state index contributed by atoms with van der Waals surface area (Å²) in [5, 5.41) is 0. The molecule has 0 heterocycles. The lowest BCUT2D eigenvalue weighted by Crippen LogP contribution is -2.33. The van der Waals surface area contributed by atoms with Gasteiger partial charge in [0.25, 0.3) is 20.0 Å². The second kappa shape index (κ2) is 5.47. The van der Waals surface area contributed by atoms with Gasteiger partial charge in [0.15, 0.2) is 0 Å². The molecular formula is C13H14N2O4S2. The van der Waals surface area contributed by atoms with E-state index in [4.69, 9.17) is 5.73 Å². The van der Waals surface area contributed by atoms with Crippen LogP contribution in [0.15, 0.2) is 64.4 Å². The molecule has 0 saturated carbocycles. The van der Waals surface area contributed by atoms with E-state index in [9.17, 15) is 16.8 Å². The fraction of sp³-hybridized carbons (Fsp3) is 0.0769. The van der Waals surface area contributed by atoms with Crippen molar-refractivity contribution in [2.45, 2.75) is 9.79 Å². The molecule has 2 aromatic carbocycles. The Morgan fingerprint density at radius 1 is 0.810 bits per heavy atom. The Morgan fingerprint density at radius 2 is 1.33 bits per heavy atom. The smallest absolute Gasteiger partial charge is 0.258 e. The summed E-state index contributed by atoms with van der Waals surface area (Å²) < 4.78 is 50.0. The number of nitrogens with zero attached hydrogens (tertiary/aromatic N) is 1. The van der Waals surface area contributed by atoms with E-state index in [1.807, 2.05) is 0 Å². The van der Waals surface area contributed by atoms with Crippen LogP contribution in [-0.2, 0) is 20.0 Å². The summed E-state index contributed by atoms with van der Waals surface area (Å²) >= 11 is 0. The summed E-state index contributed by atoms with van der Waals surface area (Å²) in [4.78, 5) is -0.349. The highest BCUT2D eigenvalue weighted by Gasteiger charge is 2.33. The van der Waals surface area contributed by atoms with Crippen molar-refractivity contribution in [3.63, 3.8) is 0 Å². The zero-order valence-corrected chi connectivity index (χ0v) is 12.8. The van der Waals surface area contributed by atoms with Gasteiger partial charge in [-0.15, -0.1) is 0 Å². The van der Waals surface area contributed by atoms with Gasteiger partial charge in [-0.3, -0.25) is 0 Å². The fourth-order valence-corrected chi connectivity index (χ4v) is 4.95. The molecule has 0 aliphatic heterocycles. The number of hydrogen-bond acceptors (Lipinski definition) is 5. The first-order valence-corrected chi connectivity index (χ1v) is 8.79. The molecule has 0 aliphatic carbocycles. The molecule has 0 spiro atoms. The van der Waals surface area contributed by atoms with Crippen LogP contribution < -0.4 is 5.73 Å². The van der Waals surface area contributed by atoms with E-state index in [1.165, 1.54) is 42.5 Å². The van der Waals surface area contributed by atoms with Crippen molar-refractivity contribution >= 4 is 25.7 Å². The van der Waals surface area contributed by atoms with E-state index in [0.717, 1.165) is 7.05 Å². The van der Waals surface area contributed by atoms with Crippen molar-refractivity contribution in [2.24, 2.45) is 0 Å². The van der Waals surface area contributed by atoms with Crippen LogP contribution in [0, 0.1) is 0 Å². The SMILES string of the molecule is CN(S(=O)(=O)c1ccccc1)S(=O)(=O)c1ccccc1N. The third-order valence-electron chi connectivity index (χ3n) is 2.91. The van der Waals surface area contributed by atoms with Crippen molar-refractivity contribution in [3.8, 4) is 0 Å². The molecule has 2 rings (SSSR count). The summed E-state index contributed by atoms with van der Waals surface area (Å²) in [5.41, 5.74) is 5.62. The molecule has 0 fully saturated rings. The Labute approximate surface area is 123 Å². The van der Waals surface area contributed by atoms with Crippen LogP contribution in [-0.4, -0.2) is 27.6 Å². The molecule has 112 valence electrons. The van der Waals surface area contributed by atoms with Gasteiger partial charge in [0, 0.05) is 7.05 Å². The second-order valence-electron chi connectivity index (χ2n) is 4.24. The number of sulfonamides is 2. The maximum atomic E-state index is 12.4. The Balaban J connectivity index is 2.54. The lowest BCUT2D eigenvalue weighted by molar-refractivity contribution is 0.526. The third kappa shape index (κ3) is 2.78. The number of benzene rings is 2. The van der Waals surface area contributed by atoms with Crippen LogP contribution in [0.4, 0.5) is 5.69 Å². The highest BCUT2D eigenvalue weighted by atomic mass is 32.3. The average molecular weight is 326 g/mol. The molecule has 21 heavy (non-hydrogen) atoms. The Kier molecular flexibility index (Phi) is 4.04. The Morgan fingerprint density at radius 3 is 1.90 bits per heavy atom. The summed E-state index contributed by atoms with van der Waals surface area (Å²) in [7, 11) is -7.44. The third-order valence-corrected chi connectivity index (χ3v) is 7.24. The van der Waals surface area contributed by atoms with Crippen LogP contribution in [0.1, 0.15) is 0 Å². The molecule has 2 N–H and O–H groups in total. The van der Waals surface area contributed by atoms with Crippen molar-refractivity contribution in [1.29, 1.82) is 0 Å². The van der Waals surface area contributed by atoms with Crippen LogP contribution in [0.3, 0.4) is 0 Å². The molecule has 0 atom stereocenters. The maximum absolute atomic E-state index is 12.4. The lowest BCUT2D eigenvalue weighted by atomic mass is 10.3. The topological polar surface area (TPSA) is 97.5 Å². The fourth-order valence-electron chi connectivity index (χ4n) is 1.72. The molecule has 0 aromatic heterocycles. The van der Waals surface area contributed by atoms with Crippen molar-refractivity contribution in [2.75, 3.05) is 12.8 Å². The van der Waals surface area contributed by atoms with E-state index in [1.54, 1.807) is 12.1 Å². The summed E-state index contributed by atoms with van der Waals surface area (Å²) in [6.45, 7) is 0. The molecule has 0 radical (unpaired) electrons. The standard InChI is InChI=1S/C13H14N2O4S2/c1-15(20(16,17)11-7-3-2-4-8-11)21(18,19)13-10-6-5-9-12(13)14/h2-10H,14H2,1H3. The zero-order chi connectivity index (χ0) is 15.7. The highest BCUT2D eigenvalue weighted by Crippen LogP contribution is 2.25. The van der Waals surface area contributed by atoms with Gasteiger partial charge in [-0.2, -0.15) is 0 Å². The van der Waals surface area contributed by atoms with E-state index in [2.05, 4.69) is 0 Å². The molecule has 0 aliphatic rings. The molecular weight excluding hydrogens is 312 g/mol. The molecule has 0 saturated heterocycles. The van der Waals surface area contributed by atoms with E-state index < -0.39 is 20.0 Å². The molecule has 0 bridgehead atoms. The number of anilines is 1. The van der Waals surface area contributed by atoms with Crippen molar-refractivity contribution in [1.82, 2.24) is 3.71 Å². The molecule has 0 unspecified atom stereocenters. The van der Waals surface area contributed by atoms with Crippen molar-refractivity contribution < 1.29 is 16.8 Å². The molecule has 2 aromatic rings. The lowest BCUT2D eigenvalue weighted by Gasteiger charge is -2.18. The summed E-state index contributed by atoms with van der Waals surface area (Å²) in [5.74, 6) is 0. The molecule has 0 amide bonds. The second-order valence-corrected chi connectivity index (χ2v) is 8.38. The van der Waals surface area contributed by atoms with Gasteiger partial charge in [-0.05, 0) is 24.3 Å². The van der Waals surface area contributed by atoms with Crippen LogP contribution >= 0.6 is 0 Å². The first kappa shape index (κ1) is 15.5. The number of nitrogens with two attached hydrogens (primary N) is 1. The number of para-hydroxylation sites is 1. The average Bonchev–Trinajstić information content (AvgIpc) is 2.47. The molecule has 8 heteroatoms. The van der Waals surface area contributed by atoms with Gasteiger partial charge in [0.05, 0.1) is 10.6 Å². The number of hydrogen-bond donors (Lipinski definition) is 1. The minimum Gasteiger partial charge on any atom is -0.398 e. The van der Waals surface area contributed by atoms with E-state index >= 15 is 0 Å². The van der Waals surface area contributed by atoms with Crippen LogP contribution in [0.5, 0.6) is 0 Å². The minimum absolute atomic E-state index is 0.00684.